The molecule has 2 aliphatic heterocycles. The monoisotopic (exact) mass is 368 g/mol. The van der Waals surface area contributed by atoms with Gasteiger partial charge in [-0.2, -0.15) is 0 Å². The lowest BCUT2D eigenvalue weighted by Crippen LogP contribution is -2.62. The van der Waals surface area contributed by atoms with Crippen LogP contribution in [0, 0.1) is 12.8 Å². The number of benzene rings is 2. The first-order chi connectivity index (χ1) is 12.6. The van der Waals surface area contributed by atoms with Crippen LogP contribution in [-0.2, 0) is 0 Å². The number of amides is 1. The van der Waals surface area contributed by atoms with Gasteiger partial charge in [-0.15, -0.1) is 0 Å². The van der Waals surface area contributed by atoms with Crippen molar-refractivity contribution in [2.45, 2.75) is 44.2 Å². The van der Waals surface area contributed by atoms with Gasteiger partial charge in [0.2, 0.25) is 0 Å². The second-order valence-electron chi connectivity index (χ2n) is 7.71. The summed E-state index contributed by atoms with van der Waals surface area (Å²) in [6.07, 6.45) is 4.68. The molecule has 4 heteroatoms. The highest BCUT2D eigenvalue weighted by atomic mass is 35.5. The first-order valence-electron chi connectivity index (χ1n) is 9.45. The third-order valence-corrected chi connectivity index (χ3v) is 6.62. The molecule has 1 amide bonds. The van der Waals surface area contributed by atoms with Crippen LogP contribution < -0.4 is 10.6 Å². The van der Waals surface area contributed by atoms with Gasteiger partial charge in [-0.05, 0) is 68.3 Å². The molecule has 136 valence electrons. The molecule has 26 heavy (non-hydrogen) atoms. The van der Waals surface area contributed by atoms with E-state index in [-0.39, 0.29) is 17.5 Å². The van der Waals surface area contributed by atoms with E-state index in [4.69, 9.17) is 11.6 Å². The molecule has 3 nitrogen and oxygen atoms in total. The van der Waals surface area contributed by atoms with Crippen LogP contribution in [-0.4, -0.2) is 18.0 Å². The summed E-state index contributed by atoms with van der Waals surface area (Å²) in [5, 5.41) is 7.74. The Kier molecular flexibility index (Phi) is 4.76. The van der Waals surface area contributed by atoms with Crippen LogP contribution in [0.4, 0.5) is 0 Å². The van der Waals surface area contributed by atoms with Gasteiger partial charge in [-0.1, -0.05) is 48.0 Å². The first-order valence-corrected chi connectivity index (χ1v) is 9.83. The largest absolute Gasteiger partial charge is 0.343 e. The fourth-order valence-electron chi connectivity index (χ4n) is 4.56. The zero-order chi connectivity index (χ0) is 18.1. The van der Waals surface area contributed by atoms with Crippen LogP contribution >= 0.6 is 11.6 Å². The van der Waals surface area contributed by atoms with Crippen LogP contribution in [0.1, 0.15) is 53.2 Å². The zero-order valence-corrected chi connectivity index (χ0v) is 15.9. The Morgan fingerprint density at radius 1 is 1.15 bits per heavy atom. The SMILES string of the molecule is Cc1c(Cl)cccc1C(=O)NC(c1ccccc1)C12CCC(CC1)CN2. The summed E-state index contributed by atoms with van der Waals surface area (Å²) < 4.78 is 0. The highest BCUT2D eigenvalue weighted by Crippen LogP contribution is 2.44. The van der Waals surface area contributed by atoms with Gasteiger partial charge < -0.3 is 10.6 Å². The van der Waals surface area contributed by atoms with Crippen molar-refractivity contribution in [2.24, 2.45) is 5.92 Å². The number of carbonyl (C=O) groups excluding carboxylic acids is 1. The molecule has 2 heterocycles. The maximum Gasteiger partial charge on any atom is 0.252 e. The highest BCUT2D eigenvalue weighted by molar-refractivity contribution is 6.31. The third-order valence-electron chi connectivity index (χ3n) is 6.21. The standard InChI is InChI=1S/C22H25ClN2O/c1-15-18(8-5-9-19(15)23)21(26)25-20(17-6-3-2-4-7-17)22-12-10-16(11-13-22)14-24-22/h2-9,16,20,24H,10-14H2,1H3,(H,25,26). The average Bonchev–Trinajstić information content (AvgIpc) is 2.70. The second-order valence-corrected chi connectivity index (χ2v) is 8.12. The fourth-order valence-corrected chi connectivity index (χ4v) is 4.73. The predicted molar refractivity (Wildman–Crippen MR) is 106 cm³/mol. The van der Waals surface area contributed by atoms with Crippen LogP contribution in [0.3, 0.4) is 0 Å². The van der Waals surface area contributed by atoms with Gasteiger partial charge in [0.05, 0.1) is 6.04 Å². The molecule has 3 aliphatic rings. The molecule has 1 unspecified atom stereocenters. The Hall–Kier alpha value is -1.84. The van der Waals surface area contributed by atoms with Crippen molar-refractivity contribution in [2.75, 3.05) is 6.54 Å². The van der Waals surface area contributed by atoms with Gasteiger partial charge in [0.25, 0.3) is 5.91 Å². The summed E-state index contributed by atoms with van der Waals surface area (Å²) in [4.78, 5) is 13.1. The summed E-state index contributed by atoms with van der Waals surface area (Å²) in [7, 11) is 0. The smallest absolute Gasteiger partial charge is 0.252 e. The Balaban J connectivity index is 1.67. The molecule has 1 aliphatic carbocycles. The first kappa shape index (κ1) is 17.6. The predicted octanol–water partition coefficient (Wildman–Crippen LogP) is 4.65. The highest BCUT2D eigenvalue weighted by Gasteiger charge is 2.46. The van der Waals surface area contributed by atoms with Crippen molar-refractivity contribution in [3.8, 4) is 0 Å². The Bertz CT molecular complexity index is 783. The number of hydrogen-bond donors (Lipinski definition) is 2. The van der Waals surface area contributed by atoms with Crippen molar-refractivity contribution in [3.05, 3.63) is 70.2 Å². The summed E-state index contributed by atoms with van der Waals surface area (Å²) in [5.74, 6) is 0.738. The van der Waals surface area contributed by atoms with E-state index in [0.717, 1.165) is 36.4 Å². The maximum absolute atomic E-state index is 13.1. The molecule has 0 radical (unpaired) electrons. The number of piperidine rings is 2. The summed E-state index contributed by atoms with van der Waals surface area (Å²) in [6, 6.07) is 15.8. The van der Waals surface area contributed by atoms with Crippen LogP contribution in [0.25, 0.3) is 0 Å². The number of halogens is 1. The van der Waals surface area contributed by atoms with Gasteiger partial charge in [0.15, 0.2) is 0 Å². The molecular weight excluding hydrogens is 344 g/mol. The molecule has 3 fully saturated rings. The molecule has 2 N–H and O–H groups in total. The molecule has 2 aromatic carbocycles. The number of hydrogen-bond acceptors (Lipinski definition) is 2. The van der Waals surface area contributed by atoms with E-state index in [9.17, 15) is 4.79 Å². The lowest BCUT2D eigenvalue weighted by molar-refractivity contribution is 0.0676. The van der Waals surface area contributed by atoms with E-state index >= 15 is 0 Å². The maximum atomic E-state index is 13.1. The number of rotatable bonds is 4. The Morgan fingerprint density at radius 2 is 1.88 bits per heavy atom. The number of nitrogens with one attached hydrogen (secondary N) is 2. The van der Waals surface area contributed by atoms with Gasteiger partial charge >= 0.3 is 0 Å². The van der Waals surface area contributed by atoms with Crippen LogP contribution in [0.15, 0.2) is 48.5 Å². The van der Waals surface area contributed by atoms with Crippen molar-refractivity contribution in [1.82, 2.24) is 10.6 Å². The van der Waals surface area contributed by atoms with E-state index in [0.29, 0.717) is 10.6 Å². The minimum Gasteiger partial charge on any atom is -0.343 e. The van der Waals surface area contributed by atoms with Crippen molar-refractivity contribution in [3.63, 3.8) is 0 Å². The molecule has 0 aromatic heterocycles. The molecule has 5 rings (SSSR count). The van der Waals surface area contributed by atoms with E-state index in [1.165, 1.54) is 12.8 Å². The van der Waals surface area contributed by atoms with Crippen molar-refractivity contribution >= 4 is 17.5 Å². The molecule has 1 atom stereocenters. The number of carbonyl (C=O) groups is 1. The molecular formula is C22H25ClN2O. The lowest BCUT2D eigenvalue weighted by atomic mass is 9.67. The van der Waals surface area contributed by atoms with E-state index < -0.39 is 0 Å². The van der Waals surface area contributed by atoms with Crippen molar-refractivity contribution in [1.29, 1.82) is 0 Å². The Morgan fingerprint density at radius 3 is 2.54 bits per heavy atom. The topological polar surface area (TPSA) is 41.1 Å². The minimum absolute atomic E-state index is 0.0455. The van der Waals surface area contributed by atoms with Gasteiger partial charge in [0.1, 0.15) is 0 Å². The fraction of sp³-hybridized carbons (Fsp3) is 0.409. The van der Waals surface area contributed by atoms with Gasteiger partial charge in [-0.3, -0.25) is 4.79 Å². The minimum atomic E-state index is -0.0573. The van der Waals surface area contributed by atoms with Crippen molar-refractivity contribution < 1.29 is 4.79 Å². The van der Waals surface area contributed by atoms with Crippen LogP contribution in [0.5, 0.6) is 0 Å². The molecule has 2 bridgehead atoms. The van der Waals surface area contributed by atoms with E-state index in [2.05, 4.69) is 22.8 Å². The second kappa shape index (κ2) is 7.05. The van der Waals surface area contributed by atoms with E-state index in [1.807, 2.05) is 43.3 Å². The van der Waals surface area contributed by atoms with Gasteiger partial charge in [0, 0.05) is 16.1 Å². The molecule has 1 saturated carbocycles. The van der Waals surface area contributed by atoms with Gasteiger partial charge in [-0.25, -0.2) is 0 Å². The zero-order valence-electron chi connectivity index (χ0n) is 15.1. The van der Waals surface area contributed by atoms with Crippen LogP contribution in [0.2, 0.25) is 5.02 Å². The quantitative estimate of drug-likeness (QED) is 0.824. The summed E-state index contributed by atoms with van der Waals surface area (Å²) >= 11 is 6.23. The number of fused-ring (bicyclic) bond motifs is 3. The lowest BCUT2D eigenvalue weighted by Gasteiger charge is -2.52. The van der Waals surface area contributed by atoms with E-state index in [1.54, 1.807) is 0 Å². The normalized spacial score (nSPS) is 25.7. The molecule has 2 aromatic rings. The summed E-state index contributed by atoms with van der Waals surface area (Å²) in [6.45, 7) is 2.95. The summed E-state index contributed by atoms with van der Waals surface area (Å²) in [5.41, 5.74) is 2.59. The average molecular weight is 369 g/mol. The Labute approximate surface area is 160 Å². The third kappa shape index (κ3) is 3.15. The molecule has 2 saturated heterocycles. The molecule has 0 spiro atoms.